The average Bonchev–Trinajstić information content (AvgIpc) is 2.73. The Morgan fingerprint density at radius 3 is 2.67 bits per heavy atom. The molecule has 1 heterocycles. The highest BCUT2D eigenvalue weighted by atomic mass is 35.5. The lowest BCUT2D eigenvalue weighted by Gasteiger charge is -2.28. The van der Waals surface area contributed by atoms with Crippen molar-refractivity contribution in [2.24, 2.45) is 0 Å². The van der Waals surface area contributed by atoms with E-state index in [0.717, 1.165) is 23.3 Å². The molecule has 1 unspecified atom stereocenters. The molecule has 0 radical (unpaired) electrons. The Labute approximate surface area is 113 Å². The summed E-state index contributed by atoms with van der Waals surface area (Å²) in [6.45, 7) is 3.99. The minimum atomic E-state index is -3.23. The molecule has 2 rings (SSSR count). The van der Waals surface area contributed by atoms with E-state index in [9.17, 15) is 8.42 Å². The Hall–Kier alpha value is -0.740. The van der Waals surface area contributed by atoms with E-state index in [1.165, 1.54) is 6.26 Å². The second kappa shape index (κ2) is 4.42. The van der Waals surface area contributed by atoms with E-state index in [1.807, 2.05) is 18.2 Å². The minimum absolute atomic E-state index is 0.571. The first-order chi connectivity index (χ1) is 8.23. The molecule has 0 saturated carbocycles. The molecule has 0 saturated heterocycles. The maximum Gasteiger partial charge on any atom is 0.154 e. The van der Waals surface area contributed by atoms with Gasteiger partial charge in [-0.1, -0.05) is 12.1 Å². The Balaban J connectivity index is 2.38. The van der Waals surface area contributed by atoms with Crippen LogP contribution in [0.2, 0.25) is 0 Å². The van der Waals surface area contributed by atoms with Crippen molar-refractivity contribution in [1.29, 1.82) is 0 Å². The highest BCUT2D eigenvalue weighted by Crippen LogP contribution is 2.39. The van der Waals surface area contributed by atoms with Gasteiger partial charge in [0.1, 0.15) is 5.75 Å². The monoisotopic (exact) mass is 288 g/mol. The van der Waals surface area contributed by atoms with E-state index >= 15 is 0 Å². The summed E-state index contributed by atoms with van der Waals surface area (Å²) in [5, 5.41) is -0.571. The molecule has 0 amide bonds. The van der Waals surface area contributed by atoms with Gasteiger partial charge in [-0.15, -0.1) is 11.6 Å². The molecular formula is C13H17ClO3S. The molecule has 5 heteroatoms. The number of hydrogen-bond acceptors (Lipinski definition) is 3. The van der Waals surface area contributed by atoms with Crippen LogP contribution in [-0.2, 0) is 16.3 Å². The second-order valence-corrected chi connectivity index (χ2v) is 8.24. The molecule has 1 aliphatic heterocycles. The number of hydrogen-bond donors (Lipinski definition) is 0. The van der Waals surface area contributed by atoms with Gasteiger partial charge in [0, 0.05) is 12.7 Å². The molecule has 1 atom stereocenters. The molecule has 0 fully saturated rings. The van der Waals surface area contributed by atoms with Crippen LogP contribution in [0.4, 0.5) is 0 Å². The van der Waals surface area contributed by atoms with Gasteiger partial charge in [0.05, 0.1) is 16.7 Å². The van der Waals surface area contributed by atoms with Crippen LogP contribution >= 0.6 is 11.6 Å². The van der Waals surface area contributed by atoms with Gasteiger partial charge in [0.15, 0.2) is 9.84 Å². The first-order valence-electron chi connectivity index (χ1n) is 5.83. The third kappa shape index (κ3) is 2.24. The summed E-state index contributed by atoms with van der Waals surface area (Å²) in [6.07, 6.45) is 2.07. The van der Waals surface area contributed by atoms with Crippen molar-refractivity contribution in [2.75, 3.05) is 12.9 Å². The van der Waals surface area contributed by atoms with Crippen molar-refractivity contribution in [3.8, 4) is 5.75 Å². The zero-order valence-corrected chi connectivity index (χ0v) is 12.3. The molecule has 0 bridgehead atoms. The SMILES string of the molecule is CC(C)(C(Cl)c1ccc2c(c1)CCO2)S(C)(=O)=O. The van der Waals surface area contributed by atoms with Crippen LogP contribution in [0.15, 0.2) is 18.2 Å². The van der Waals surface area contributed by atoms with Crippen molar-refractivity contribution in [2.45, 2.75) is 30.4 Å². The van der Waals surface area contributed by atoms with Crippen LogP contribution in [-0.4, -0.2) is 26.0 Å². The summed E-state index contributed by atoms with van der Waals surface area (Å²) in [7, 11) is -3.23. The van der Waals surface area contributed by atoms with E-state index in [4.69, 9.17) is 16.3 Å². The molecule has 100 valence electrons. The Morgan fingerprint density at radius 1 is 1.39 bits per heavy atom. The third-order valence-electron chi connectivity index (χ3n) is 3.57. The summed E-state index contributed by atoms with van der Waals surface area (Å²) in [5.41, 5.74) is 1.93. The number of sulfone groups is 1. The van der Waals surface area contributed by atoms with Crippen molar-refractivity contribution in [1.82, 2.24) is 0 Å². The fourth-order valence-corrected chi connectivity index (χ4v) is 3.09. The molecule has 0 spiro atoms. The molecule has 0 aliphatic carbocycles. The number of halogens is 1. The fraction of sp³-hybridized carbons (Fsp3) is 0.538. The summed E-state index contributed by atoms with van der Waals surface area (Å²) in [4.78, 5) is 0. The first kappa shape index (κ1) is 13.7. The molecule has 0 N–H and O–H groups in total. The summed E-state index contributed by atoms with van der Waals surface area (Å²) >= 11 is 6.36. The summed E-state index contributed by atoms with van der Waals surface area (Å²) in [6, 6.07) is 5.66. The maximum absolute atomic E-state index is 11.8. The standard InChI is InChI=1S/C13H17ClO3S/c1-13(2,18(3,15)16)12(14)10-4-5-11-9(8-10)6-7-17-11/h4-5,8,12H,6-7H2,1-3H3. The molecular weight excluding hydrogens is 272 g/mol. The molecule has 1 aliphatic rings. The third-order valence-corrected chi connectivity index (χ3v) is 6.65. The van der Waals surface area contributed by atoms with Gasteiger partial charge in [-0.2, -0.15) is 0 Å². The molecule has 0 aromatic heterocycles. The van der Waals surface area contributed by atoms with Gasteiger partial charge in [-0.25, -0.2) is 8.42 Å². The van der Waals surface area contributed by atoms with Crippen molar-refractivity contribution >= 4 is 21.4 Å². The predicted molar refractivity (Wildman–Crippen MR) is 73.2 cm³/mol. The first-order valence-corrected chi connectivity index (χ1v) is 8.15. The van der Waals surface area contributed by atoms with Gasteiger partial charge in [0.2, 0.25) is 0 Å². The second-order valence-electron chi connectivity index (χ2n) is 5.20. The van der Waals surface area contributed by atoms with E-state index < -0.39 is 20.0 Å². The number of ether oxygens (including phenoxy) is 1. The summed E-state index contributed by atoms with van der Waals surface area (Å²) < 4.78 is 28.0. The lowest BCUT2D eigenvalue weighted by Crippen LogP contribution is -2.35. The number of fused-ring (bicyclic) bond motifs is 1. The minimum Gasteiger partial charge on any atom is -0.493 e. The molecule has 18 heavy (non-hydrogen) atoms. The van der Waals surface area contributed by atoms with Gasteiger partial charge in [0.25, 0.3) is 0 Å². The van der Waals surface area contributed by atoms with Gasteiger partial charge >= 0.3 is 0 Å². The quantitative estimate of drug-likeness (QED) is 0.803. The van der Waals surface area contributed by atoms with E-state index in [0.29, 0.717) is 6.61 Å². The largest absolute Gasteiger partial charge is 0.493 e. The molecule has 1 aromatic carbocycles. The van der Waals surface area contributed by atoms with Crippen LogP contribution in [0.25, 0.3) is 0 Å². The average molecular weight is 289 g/mol. The van der Waals surface area contributed by atoms with Crippen LogP contribution in [0.3, 0.4) is 0 Å². The maximum atomic E-state index is 11.8. The van der Waals surface area contributed by atoms with E-state index in [2.05, 4.69) is 0 Å². The number of rotatable bonds is 3. The van der Waals surface area contributed by atoms with E-state index in [1.54, 1.807) is 13.8 Å². The lowest BCUT2D eigenvalue weighted by molar-refractivity contribution is 0.357. The molecule has 1 aromatic rings. The highest BCUT2D eigenvalue weighted by Gasteiger charge is 2.39. The molecule has 3 nitrogen and oxygen atoms in total. The normalized spacial score (nSPS) is 17.1. The smallest absolute Gasteiger partial charge is 0.154 e. The van der Waals surface area contributed by atoms with Crippen LogP contribution < -0.4 is 4.74 Å². The van der Waals surface area contributed by atoms with Crippen molar-refractivity contribution in [3.05, 3.63) is 29.3 Å². The van der Waals surface area contributed by atoms with Gasteiger partial charge < -0.3 is 4.74 Å². The van der Waals surface area contributed by atoms with Crippen LogP contribution in [0.1, 0.15) is 30.4 Å². The zero-order chi connectivity index (χ0) is 13.6. The number of benzene rings is 1. The Kier molecular flexibility index (Phi) is 3.36. The predicted octanol–water partition coefficient (Wildman–Crippen LogP) is 2.72. The fourth-order valence-electron chi connectivity index (χ4n) is 1.95. The van der Waals surface area contributed by atoms with Gasteiger partial charge in [-0.3, -0.25) is 0 Å². The zero-order valence-electron chi connectivity index (χ0n) is 10.7. The number of alkyl halides is 1. The highest BCUT2D eigenvalue weighted by molar-refractivity contribution is 7.92. The lowest BCUT2D eigenvalue weighted by atomic mass is 9.99. The van der Waals surface area contributed by atoms with Gasteiger partial charge in [-0.05, 0) is 31.0 Å². The van der Waals surface area contributed by atoms with E-state index in [-0.39, 0.29) is 0 Å². The Morgan fingerprint density at radius 2 is 2.06 bits per heavy atom. The van der Waals surface area contributed by atoms with Crippen LogP contribution in [0.5, 0.6) is 5.75 Å². The van der Waals surface area contributed by atoms with Crippen molar-refractivity contribution in [3.63, 3.8) is 0 Å². The van der Waals surface area contributed by atoms with Crippen LogP contribution in [0, 0.1) is 0 Å². The summed E-state index contributed by atoms with van der Waals surface area (Å²) in [5.74, 6) is 0.875. The van der Waals surface area contributed by atoms with Crippen molar-refractivity contribution < 1.29 is 13.2 Å². The topological polar surface area (TPSA) is 43.4 Å². The Bertz CT molecular complexity index is 564.